The second-order valence-electron chi connectivity index (χ2n) is 7.45. The second kappa shape index (κ2) is 8.77. The van der Waals surface area contributed by atoms with Gasteiger partial charge in [0.25, 0.3) is 0 Å². The van der Waals surface area contributed by atoms with E-state index in [0.717, 1.165) is 36.5 Å². The molecule has 1 unspecified atom stereocenters. The Hall–Kier alpha value is -3.68. The van der Waals surface area contributed by atoms with E-state index in [1.807, 2.05) is 48.7 Å². The summed E-state index contributed by atoms with van der Waals surface area (Å²) in [7, 11) is 0. The maximum Gasteiger partial charge on any atom is 0.228 e. The Bertz CT molecular complexity index is 1020. The number of nitrogens with two attached hydrogens (primary N) is 1. The topological polar surface area (TPSA) is 106 Å². The van der Waals surface area contributed by atoms with Crippen molar-refractivity contribution in [3.05, 3.63) is 66.6 Å². The lowest BCUT2D eigenvalue weighted by Crippen LogP contribution is -2.41. The second-order valence-corrected chi connectivity index (χ2v) is 7.45. The van der Waals surface area contributed by atoms with Crippen LogP contribution in [0.25, 0.3) is 5.69 Å². The highest BCUT2D eigenvalue weighted by Gasteiger charge is 2.24. The molecule has 0 bridgehead atoms. The molecule has 4 rings (SSSR count). The van der Waals surface area contributed by atoms with Crippen molar-refractivity contribution in [2.24, 2.45) is 11.7 Å². The van der Waals surface area contributed by atoms with Crippen molar-refractivity contribution in [3.63, 3.8) is 0 Å². The first-order chi connectivity index (χ1) is 14.6. The molecule has 0 saturated carbocycles. The summed E-state index contributed by atoms with van der Waals surface area (Å²) < 4.78 is 1.75. The van der Waals surface area contributed by atoms with E-state index in [4.69, 9.17) is 5.73 Å². The van der Waals surface area contributed by atoms with Crippen molar-refractivity contribution < 1.29 is 9.59 Å². The number of carbonyl (C=O) groups is 2. The van der Waals surface area contributed by atoms with Crippen molar-refractivity contribution >= 4 is 23.3 Å². The molecule has 1 atom stereocenters. The minimum absolute atomic E-state index is 0.135. The molecule has 30 heavy (non-hydrogen) atoms. The van der Waals surface area contributed by atoms with Crippen LogP contribution >= 0.6 is 0 Å². The number of para-hydroxylation sites is 1. The maximum absolute atomic E-state index is 12.4. The zero-order valence-corrected chi connectivity index (χ0v) is 16.6. The zero-order valence-electron chi connectivity index (χ0n) is 16.6. The number of piperidine rings is 1. The number of benzene rings is 1. The van der Waals surface area contributed by atoms with Crippen molar-refractivity contribution in [3.8, 4) is 5.69 Å². The van der Waals surface area contributed by atoms with Crippen LogP contribution in [0.15, 0.2) is 61.1 Å². The standard InChI is InChI=1S/C22H24N6O2/c23-22(30)17-5-4-10-27(15-17)20-9-8-18(13-24-20)26-21(29)11-16-12-25-28(14-16)19-6-2-1-3-7-19/h1-3,6-9,12-14,17H,4-5,10-11,15H2,(H2,23,30)(H,26,29). The van der Waals surface area contributed by atoms with Crippen LogP contribution < -0.4 is 16.0 Å². The first kappa shape index (κ1) is 19.6. The number of carbonyl (C=O) groups excluding carboxylic acids is 2. The monoisotopic (exact) mass is 404 g/mol. The van der Waals surface area contributed by atoms with Gasteiger partial charge in [0.15, 0.2) is 0 Å². The summed E-state index contributed by atoms with van der Waals surface area (Å²) in [5, 5.41) is 7.18. The number of hydrogen-bond acceptors (Lipinski definition) is 5. The molecule has 1 aromatic carbocycles. The molecule has 1 aliphatic rings. The fourth-order valence-electron chi connectivity index (χ4n) is 3.63. The van der Waals surface area contributed by atoms with E-state index in [1.54, 1.807) is 17.1 Å². The van der Waals surface area contributed by atoms with Crippen molar-refractivity contribution in [1.82, 2.24) is 14.8 Å². The first-order valence-corrected chi connectivity index (χ1v) is 9.97. The molecule has 1 fully saturated rings. The smallest absolute Gasteiger partial charge is 0.228 e. The highest BCUT2D eigenvalue weighted by Crippen LogP contribution is 2.22. The lowest BCUT2D eigenvalue weighted by molar-refractivity contribution is -0.122. The molecule has 8 heteroatoms. The Morgan fingerprint density at radius 1 is 1.13 bits per heavy atom. The minimum atomic E-state index is -0.265. The molecule has 2 aromatic heterocycles. The number of rotatable bonds is 6. The van der Waals surface area contributed by atoms with Crippen molar-refractivity contribution in [2.45, 2.75) is 19.3 Å². The van der Waals surface area contributed by atoms with E-state index in [2.05, 4.69) is 20.3 Å². The normalized spacial score (nSPS) is 16.3. The Morgan fingerprint density at radius 3 is 2.70 bits per heavy atom. The largest absolute Gasteiger partial charge is 0.369 e. The average Bonchev–Trinajstić information content (AvgIpc) is 3.23. The Labute approximate surface area is 174 Å². The first-order valence-electron chi connectivity index (χ1n) is 9.97. The van der Waals surface area contributed by atoms with Crippen LogP contribution in [0.1, 0.15) is 18.4 Å². The SMILES string of the molecule is NC(=O)C1CCCN(c2ccc(NC(=O)Cc3cnn(-c4ccccc4)c3)cn2)C1. The van der Waals surface area contributed by atoms with E-state index in [0.29, 0.717) is 12.2 Å². The summed E-state index contributed by atoms with van der Waals surface area (Å²) in [6, 6.07) is 13.4. The van der Waals surface area contributed by atoms with Gasteiger partial charge in [-0.15, -0.1) is 0 Å². The molecule has 0 radical (unpaired) electrons. The Balaban J connectivity index is 1.34. The summed E-state index contributed by atoms with van der Waals surface area (Å²) >= 11 is 0. The Kier molecular flexibility index (Phi) is 5.74. The van der Waals surface area contributed by atoms with Crippen LogP contribution in [-0.2, 0) is 16.0 Å². The summed E-state index contributed by atoms with van der Waals surface area (Å²) in [4.78, 5) is 30.4. The van der Waals surface area contributed by atoms with Gasteiger partial charge in [-0.3, -0.25) is 9.59 Å². The fraction of sp³-hybridized carbons (Fsp3) is 0.273. The Morgan fingerprint density at radius 2 is 1.97 bits per heavy atom. The van der Waals surface area contributed by atoms with Gasteiger partial charge in [-0.2, -0.15) is 5.10 Å². The van der Waals surface area contributed by atoms with Gasteiger partial charge >= 0.3 is 0 Å². The van der Waals surface area contributed by atoms with Gasteiger partial charge in [0, 0.05) is 19.3 Å². The maximum atomic E-state index is 12.4. The molecule has 0 spiro atoms. The number of anilines is 2. The molecule has 1 aliphatic heterocycles. The highest BCUT2D eigenvalue weighted by atomic mass is 16.2. The predicted molar refractivity (Wildman–Crippen MR) is 114 cm³/mol. The van der Waals surface area contributed by atoms with Gasteiger partial charge in [0.05, 0.1) is 36.1 Å². The number of amides is 2. The summed E-state index contributed by atoms with van der Waals surface area (Å²) in [6.45, 7) is 1.42. The number of pyridine rings is 1. The number of hydrogen-bond donors (Lipinski definition) is 2. The van der Waals surface area contributed by atoms with Crippen LogP contribution in [0.4, 0.5) is 11.5 Å². The predicted octanol–water partition coefficient (Wildman–Crippen LogP) is 2.15. The van der Waals surface area contributed by atoms with Crippen LogP contribution in [0, 0.1) is 5.92 Å². The molecular weight excluding hydrogens is 380 g/mol. The summed E-state index contributed by atoms with van der Waals surface area (Å²) in [6.07, 6.45) is 7.13. The quantitative estimate of drug-likeness (QED) is 0.655. The van der Waals surface area contributed by atoms with Crippen LogP contribution in [0.2, 0.25) is 0 Å². The number of nitrogens with one attached hydrogen (secondary N) is 1. The third-order valence-corrected chi connectivity index (χ3v) is 5.20. The summed E-state index contributed by atoms with van der Waals surface area (Å²) in [5.74, 6) is 0.239. The molecule has 0 aliphatic carbocycles. The van der Waals surface area contributed by atoms with Crippen LogP contribution in [0.3, 0.4) is 0 Å². The van der Waals surface area contributed by atoms with Gasteiger partial charge in [-0.25, -0.2) is 9.67 Å². The zero-order chi connectivity index (χ0) is 20.9. The van der Waals surface area contributed by atoms with Gasteiger partial charge in [-0.05, 0) is 42.7 Å². The molecular formula is C22H24N6O2. The van der Waals surface area contributed by atoms with Crippen molar-refractivity contribution in [2.75, 3.05) is 23.3 Å². The molecule has 8 nitrogen and oxygen atoms in total. The lowest BCUT2D eigenvalue weighted by atomic mass is 9.97. The molecule has 1 saturated heterocycles. The third kappa shape index (κ3) is 4.65. The van der Waals surface area contributed by atoms with E-state index in [9.17, 15) is 9.59 Å². The van der Waals surface area contributed by atoms with Gasteiger partial charge < -0.3 is 16.0 Å². The van der Waals surface area contributed by atoms with E-state index < -0.39 is 0 Å². The van der Waals surface area contributed by atoms with Gasteiger partial charge in [0.2, 0.25) is 11.8 Å². The molecule has 3 aromatic rings. The van der Waals surface area contributed by atoms with Crippen LogP contribution in [-0.4, -0.2) is 39.7 Å². The number of nitrogens with zero attached hydrogens (tertiary/aromatic N) is 4. The van der Waals surface area contributed by atoms with E-state index >= 15 is 0 Å². The van der Waals surface area contributed by atoms with Crippen molar-refractivity contribution in [1.29, 1.82) is 0 Å². The molecule has 3 N–H and O–H groups in total. The van der Waals surface area contributed by atoms with E-state index in [-0.39, 0.29) is 24.2 Å². The fourth-order valence-corrected chi connectivity index (χ4v) is 3.63. The number of aromatic nitrogens is 3. The van der Waals surface area contributed by atoms with Gasteiger partial charge in [-0.1, -0.05) is 18.2 Å². The molecule has 154 valence electrons. The highest BCUT2D eigenvalue weighted by molar-refractivity contribution is 5.92. The molecule has 2 amide bonds. The average molecular weight is 404 g/mol. The lowest BCUT2D eigenvalue weighted by Gasteiger charge is -2.32. The minimum Gasteiger partial charge on any atom is -0.369 e. The van der Waals surface area contributed by atoms with Crippen LogP contribution in [0.5, 0.6) is 0 Å². The van der Waals surface area contributed by atoms with E-state index in [1.165, 1.54) is 0 Å². The summed E-state index contributed by atoms with van der Waals surface area (Å²) in [5.41, 5.74) is 7.84. The van der Waals surface area contributed by atoms with Gasteiger partial charge in [0.1, 0.15) is 5.82 Å². The molecule has 3 heterocycles. The third-order valence-electron chi connectivity index (χ3n) is 5.20. The number of primary amides is 1.